The monoisotopic (exact) mass is 632 g/mol. The number of hydrogen-bond donors (Lipinski definition) is 0. The number of rotatable bonds is 4. The van der Waals surface area contributed by atoms with E-state index in [4.69, 9.17) is 14.5 Å². The average molecular weight is 634 g/mol. The lowest BCUT2D eigenvalue weighted by Gasteiger charge is -2.42. The highest BCUT2D eigenvalue weighted by atomic mass is 79.9. The van der Waals surface area contributed by atoms with Crippen LogP contribution in [0.2, 0.25) is 0 Å². The largest absolute Gasteiger partial charge is 0.461 e. The molecule has 5 heterocycles. The minimum Gasteiger partial charge on any atom is -0.461 e. The van der Waals surface area contributed by atoms with Crippen LogP contribution >= 0.6 is 15.9 Å². The molecule has 4 fully saturated rings. The van der Waals surface area contributed by atoms with Crippen LogP contribution in [0.5, 0.6) is 6.01 Å². The van der Waals surface area contributed by atoms with Crippen LogP contribution in [0.4, 0.5) is 19.4 Å². The van der Waals surface area contributed by atoms with Crippen LogP contribution < -0.4 is 9.64 Å². The molecule has 1 aromatic heterocycles. The minimum atomic E-state index is -0.899. The van der Waals surface area contributed by atoms with Crippen molar-refractivity contribution in [2.45, 2.75) is 89.2 Å². The number of aromatic nitrogens is 2. The summed E-state index contributed by atoms with van der Waals surface area (Å²) in [5, 5.41) is 10.3. The summed E-state index contributed by atoms with van der Waals surface area (Å²) >= 11 is 3.25. The number of halogens is 3. The SMILES string of the molecule is Cc1c(C#N)c(Br)c(F)c2nc(OC[C@@]34CCCN3C[C@H](F)C4)nc(N3CC4CCC(C3)N4C(=O)OC(C)(C)C)c12. The van der Waals surface area contributed by atoms with E-state index in [1.807, 2.05) is 25.7 Å². The summed E-state index contributed by atoms with van der Waals surface area (Å²) in [6, 6.07) is 1.93. The van der Waals surface area contributed by atoms with Gasteiger partial charge in [-0.25, -0.2) is 13.6 Å². The molecule has 220 valence electrons. The Labute approximate surface area is 246 Å². The summed E-state index contributed by atoms with van der Waals surface area (Å²) in [6.45, 7) is 9.71. The van der Waals surface area contributed by atoms with E-state index in [-0.39, 0.29) is 46.3 Å². The van der Waals surface area contributed by atoms with Crippen molar-refractivity contribution in [3.05, 3.63) is 21.4 Å². The molecule has 6 rings (SSSR count). The molecule has 0 N–H and O–H groups in total. The number of nitriles is 1. The van der Waals surface area contributed by atoms with Crippen molar-refractivity contribution in [2.24, 2.45) is 0 Å². The molecular weight excluding hydrogens is 598 g/mol. The zero-order valence-corrected chi connectivity index (χ0v) is 25.4. The van der Waals surface area contributed by atoms with Crippen LogP contribution in [-0.2, 0) is 4.74 Å². The van der Waals surface area contributed by atoms with Crippen molar-refractivity contribution in [1.82, 2.24) is 19.8 Å². The zero-order valence-electron chi connectivity index (χ0n) is 23.8. The van der Waals surface area contributed by atoms with Gasteiger partial charge < -0.3 is 14.4 Å². The molecule has 4 atom stereocenters. The second-order valence-corrected chi connectivity index (χ2v) is 13.6. The maximum absolute atomic E-state index is 15.8. The molecule has 41 heavy (non-hydrogen) atoms. The van der Waals surface area contributed by atoms with E-state index in [1.165, 1.54) is 0 Å². The normalized spacial score (nSPS) is 27.8. The Morgan fingerprint density at radius 1 is 1.22 bits per heavy atom. The van der Waals surface area contributed by atoms with Crippen LogP contribution in [0.25, 0.3) is 10.9 Å². The number of carbonyl (C=O) groups is 1. The highest BCUT2D eigenvalue weighted by molar-refractivity contribution is 9.10. The Balaban J connectivity index is 1.37. The van der Waals surface area contributed by atoms with Crippen LogP contribution in [0.15, 0.2) is 4.47 Å². The lowest BCUT2D eigenvalue weighted by Crippen LogP contribution is -2.57. The van der Waals surface area contributed by atoms with E-state index < -0.39 is 23.1 Å². The molecule has 0 aliphatic carbocycles. The molecule has 2 unspecified atom stereocenters. The van der Waals surface area contributed by atoms with Gasteiger partial charge in [0.05, 0.1) is 33.0 Å². The molecule has 1 amide bonds. The second kappa shape index (κ2) is 10.2. The van der Waals surface area contributed by atoms with Crippen LogP contribution in [0.1, 0.15) is 64.0 Å². The quantitative estimate of drug-likeness (QED) is 0.451. The van der Waals surface area contributed by atoms with Gasteiger partial charge in [0.25, 0.3) is 0 Å². The fraction of sp³-hybridized carbons (Fsp3) is 0.655. The van der Waals surface area contributed by atoms with E-state index >= 15 is 4.39 Å². The number of alkyl halides is 1. The van der Waals surface area contributed by atoms with Crippen LogP contribution in [0.3, 0.4) is 0 Å². The Kier molecular flexibility index (Phi) is 7.05. The lowest BCUT2D eigenvalue weighted by atomic mass is 9.95. The van der Waals surface area contributed by atoms with Crippen molar-refractivity contribution in [2.75, 3.05) is 37.7 Å². The molecule has 2 aromatic rings. The zero-order chi connectivity index (χ0) is 29.3. The number of ether oxygens (including phenoxy) is 2. The van der Waals surface area contributed by atoms with E-state index in [0.29, 0.717) is 42.8 Å². The van der Waals surface area contributed by atoms with Gasteiger partial charge >= 0.3 is 12.1 Å². The number of aryl methyl sites for hydroxylation is 1. The third-order valence-corrected chi connectivity index (χ3v) is 9.71. The first-order valence-corrected chi connectivity index (χ1v) is 15.1. The van der Waals surface area contributed by atoms with Gasteiger partial charge in [-0.05, 0) is 81.4 Å². The highest BCUT2D eigenvalue weighted by Gasteiger charge is 2.50. The number of fused-ring (bicyclic) bond motifs is 4. The predicted molar refractivity (Wildman–Crippen MR) is 152 cm³/mol. The molecule has 2 bridgehead atoms. The van der Waals surface area contributed by atoms with Gasteiger partial charge in [-0.2, -0.15) is 15.2 Å². The van der Waals surface area contributed by atoms with Crippen molar-refractivity contribution in [3.8, 4) is 12.1 Å². The topological polar surface area (TPSA) is 94.8 Å². The molecule has 12 heteroatoms. The van der Waals surface area contributed by atoms with Gasteiger partial charge in [0.2, 0.25) is 0 Å². The van der Waals surface area contributed by atoms with E-state index in [2.05, 4.69) is 36.8 Å². The maximum Gasteiger partial charge on any atom is 0.410 e. The van der Waals surface area contributed by atoms with Gasteiger partial charge in [0, 0.05) is 26.1 Å². The van der Waals surface area contributed by atoms with Gasteiger partial charge in [0.1, 0.15) is 35.8 Å². The fourth-order valence-corrected chi connectivity index (χ4v) is 7.77. The maximum atomic E-state index is 15.8. The summed E-state index contributed by atoms with van der Waals surface area (Å²) in [5.74, 6) is -0.182. The van der Waals surface area contributed by atoms with Crippen molar-refractivity contribution in [3.63, 3.8) is 0 Å². The van der Waals surface area contributed by atoms with Crippen molar-refractivity contribution in [1.29, 1.82) is 5.26 Å². The number of nitrogens with zero attached hydrogens (tertiary/aromatic N) is 6. The molecule has 4 aliphatic rings. The first kappa shape index (κ1) is 28.3. The van der Waals surface area contributed by atoms with Crippen molar-refractivity contribution >= 4 is 38.7 Å². The molecule has 4 aliphatic heterocycles. The number of benzene rings is 1. The first-order chi connectivity index (χ1) is 19.4. The van der Waals surface area contributed by atoms with Gasteiger partial charge in [0.15, 0.2) is 5.82 Å². The summed E-state index contributed by atoms with van der Waals surface area (Å²) < 4.78 is 42.0. The standard InChI is InChI=1S/C29H35BrF2N6O3/c1-16-20(11-33)22(30)23(32)24-21(16)25(35-26(34-24)40-15-29-8-5-9-37(29)12-17(31)10-29)36-13-18-6-7-19(14-36)38(18)27(39)41-28(2,3)4/h17-19H,5-10,12-15H2,1-4H3/t17-,18?,19?,29+/m1/s1. The van der Waals surface area contributed by atoms with Crippen LogP contribution in [-0.4, -0.2) is 88.0 Å². The molecule has 0 spiro atoms. The first-order valence-electron chi connectivity index (χ1n) is 14.3. The number of amides is 1. The summed E-state index contributed by atoms with van der Waals surface area (Å²) in [4.78, 5) is 28.4. The molecule has 0 radical (unpaired) electrons. The molecular formula is C29H35BrF2N6O3. The smallest absolute Gasteiger partial charge is 0.410 e. The molecule has 1 aromatic carbocycles. The fourth-order valence-electron chi connectivity index (χ4n) is 7.20. The Hall–Kier alpha value is -2.78. The predicted octanol–water partition coefficient (Wildman–Crippen LogP) is 5.25. The Morgan fingerprint density at radius 2 is 1.93 bits per heavy atom. The van der Waals surface area contributed by atoms with E-state index in [9.17, 15) is 14.4 Å². The Bertz CT molecular complexity index is 1430. The second-order valence-electron chi connectivity index (χ2n) is 12.8. The Morgan fingerprint density at radius 3 is 2.59 bits per heavy atom. The van der Waals surface area contributed by atoms with E-state index in [1.54, 1.807) is 6.92 Å². The molecule has 9 nitrogen and oxygen atoms in total. The number of anilines is 1. The van der Waals surface area contributed by atoms with Gasteiger partial charge in [-0.15, -0.1) is 0 Å². The third kappa shape index (κ3) is 4.88. The number of hydrogen-bond acceptors (Lipinski definition) is 8. The summed E-state index contributed by atoms with van der Waals surface area (Å²) in [6.07, 6.45) is 2.60. The van der Waals surface area contributed by atoms with Crippen LogP contribution in [0, 0.1) is 24.1 Å². The summed E-state index contributed by atoms with van der Waals surface area (Å²) in [7, 11) is 0. The molecule has 4 saturated heterocycles. The molecule has 0 saturated carbocycles. The van der Waals surface area contributed by atoms with Crippen molar-refractivity contribution < 1.29 is 23.0 Å². The minimum absolute atomic E-state index is 0.0212. The van der Waals surface area contributed by atoms with Gasteiger partial charge in [-0.1, -0.05) is 0 Å². The number of piperazine rings is 1. The summed E-state index contributed by atoms with van der Waals surface area (Å²) in [5.41, 5.74) is -0.199. The van der Waals surface area contributed by atoms with E-state index in [0.717, 1.165) is 32.2 Å². The number of carbonyl (C=O) groups excluding carboxylic acids is 1. The van der Waals surface area contributed by atoms with Gasteiger partial charge in [-0.3, -0.25) is 9.80 Å². The lowest BCUT2D eigenvalue weighted by molar-refractivity contribution is 0.0122. The third-order valence-electron chi connectivity index (χ3n) is 8.97. The average Bonchev–Trinajstić information content (AvgIpc) is 3.52. The highest BCUT2D eigenvalue weighted by Crippen LogP contribution is 2.42.